The predicted octanol–water partition coefficient (Wildman–Crippen LogP) is 3.08. The number of fused-ring (bicyclic) bond motifs is 1. The first-order valence-electron chi connectivity index (χ1n) is 7.35. The topological polar surface area (TPSA) is 30.5 Å². The van der Waals surface area contributed by atoms with Gasteiger partial charge in [-0.1, -0.05) is 15.9 Å². The van der Waals surface area contributed by atoms with Crippen molar-refractivity contribution in [2.45, 2.75) is 43.7 Å². The number of likely N-dealkylation sites (N-methyl/N-ethyl adjacent to an activating group) is 1. The second-order valence-electron chi connectivity index (χ2n) is 5.82. The molecule has 0 amide bonds. The summed E-state index contributed by atoms with van der Waals surface area (Å²) in [5.74, 6) is 1.10. The molecule has 1 saturated carbocycles. The van der Waals surface area contributed by atoms with Crippen molar-refractivity contribution in [2.75, 3.05) is 20.8 Å². The fraction of sp³-hybridized carbons (Fsp3) is 0.625. The smallest absolute Gasteiger partial charge is 0.125 e. The van der Waals surface area contributed by atoms with Gasteiger partial charge >= 0.3 is 0 Å². The summed E-state index contributed by atoms with van der Waals surface area (Å²) in [5.41, 5.74) is 2.61. The first-order chi connectivity index (χ1) is 9.68. The normalized spacial score (nSPS) is 20.9. The van der Waals surface area contributed by atoms with Crippen molar-refractivity contribution in [3.05, 3.63) is 27.7 Å². The molecule has 4 heteroatoms. The minimum Gasteiger partial charge on any atom is -0.493 e. The highest BCUT2D eigenvalue weighted by Crippen LogP contribution is 2.41. The Balaban J connectivity index is 1.86. The van der Waals surface area contributed by atoms with Crippen LogP contribution in [-0.4, -0.2) is 32.4 Å². The van der Waals surface area contributed by atoms with E-state index in [4.69, 9.17) is 9.47 Å². The third kappa shape index (κ3) is 2.38. The van der Waals surface area contributed by atoms with Gasteiger partial charge in [0.2, 0.25) is 0 Å². The average Bonchev–Trinajstić information content (AvgIpc) is 2.84. The number of methoxy groups -OCH3 is 1. The van der Waals surface area contributed by atoms with E-state index < -0.39 is 0 Å². The van der Waals surface area contributed by atoms with Crippen molar-refractivity contribution < 1.29 is 9.47 Å². The van der Waals surface area contributed by atoms with Crippen molar-refractivity contribution in [1.82, 2.24) is 5.32 Å². The quantitative estimate of drug-likeness (QED) is 0.894. The summed E-state index contributed by atoms with van der Waals surface area (Å²) in [4.78, 5) is 0. The van der Waals surface area contributed by atoms with Crippen LogP contribution in [0.2, 0.25) is 0 Å². The molecular weight excluding hydrogens is 318 g/mol. The largest absolute Gasteiger partial charge is 0.493 e. The molecule has 0 saturated heterocycles. The van der Waals surface area contributed by atoms with E-state index in [9.17, 15) is 0 Å². The lowest BCUT2D eigenvalue weighted by molar-refractivity contribution is -0.0967. The van der Waals surface area contributed by atoms with Crippen LogP contribution in [0.1, 0.15) is 30.4 Å². The zero-order valence-corrected chi connectivity index (χ0v) is 13.8. The van der Waals surface area contributed by atoms with E-state index >= 15 is 0 Å². The molecule has 0 bridgehead atoms. The van der Waals surface area contributed by atoms with E-state index in [1.54, 1.807) is 0 Å². The number of nitrogens with one attached hydrogen (secondary N) is 1. The molecule has 1 aliphatic heterocycles. The highest BCUT2D eigenvalue weighted by atomic mass is 79.9. The molecule has 1 aromatic rings. The van der Waals surface area contributed by atoms with E-state index in [1.807, 2.05) is 14.2 Å². The van der Waals surface area contributed by atoms with E-state index in [0.29, 0.717) is 6.04 Å². The molecule has 0 radical (unpaired) electrons. The summed E-state index contributed by atoms with van der Waals surface area (Å²) in [5, 5.41) is 3.46. The summed E-state index contributed by atoms with van der Waals surface area (Å²) in [6, 6.07) is 4.70. The average molecular weight is 340 g/mol. The Morgan fingerprint density at radius 1 is 1.45 bits per heavy atom. The minimum absolute atomic E-state index is 0.00253. The lowest BCUT2D eigenvalue weighted by Gasteiger charge is -2.46. The van der Waals surface area contributed by atoms with Gasteiger partial charge in [-0.15, -0.1) is 0 Å². The molecule has 0 spiro atoms. The molecule has 1 aliphatic carbocycles. The van der Waals surface area contributed by atoms with Gasteiger partial charge in [0.1, 0.15) is 5.75 Å². The Morgan fingerprint density at radius 2 is 2.25 bits per heavy atom. The van der Waals surface area contributed by atoms with Gasteiger partial charge in [0, 0.05) is 24.0 Å². The predicted molar refractivity (Wildman–Crippen MR) is 83.5 cm³/mol. The van der Waals surface area contributed by atoms with Crippen LogP contribution in [-0.2, 0) is 17.6 Å². The van der Waals surface area contributed by atoms with Crippen molar-refractivity contribution in [3.63, 3.8) is 0 Å². The number of benzene rings is 1. The molecule has 3 rings (SSSR count). The van der Waals surface area contributed by atoms with Crippen LogP contribution < -0.4 is 10.1 Å². The Kier molecular flexibility index (Phi) is 4.07. The van der Waals surface area contributed by atoms with Gasteiger partial charge in [-0.05, 0) is 56.0 Å². The number of halogens is 1. The van der Waals surface area contributed by atoms with Crippen LogP contribution >= 0.6 is 15.9 Å². The number of rotatable bonds is 5. The molecule has 1 atom stereocenters. The molecule has 1 aromatic carbocycles. The maximum atomic E-state index is 5.84. The lowest BCUT2D eigenvalue weighted by atomic mass is 9.72. The van der Waals surface area contributed by atoms with Crippen molar-refractivity contribution in [2.24, 2.45) is 0 Å². The number of hydrogen-bond acceptors (Lipinski definition) is 3. The Morgan fingerprint density at radius 3 is 2.85 bits per heavy atom. The zero-order chi connectivity index (χ0) is 14.2. The van der Waals surface area contributed by atoms with Crippen LogP contribution in [0.5, 0.6) is 5.75 Å². The first kappa shape index (κ1) is 14.4. The van der Waals surface area contributed by atoms with Crippen molar-refractivity contribution in [3.8, 4) is 5.75 Å². The maximum absolute atomic E-state index is 5.84. The maximum Gasteiger partial charge on any atom is 0.125 e. The molecule has 0 aromatic heterocycles. The standard InChI is InChI=1S/C16H22BrNO2/c1-18-14(16(19-2)5-3-6-16)10-12-9-13(17)8-11-4-7-20-15(11)12/h8-9,14,18H,3-7,10H2,1-2H3. The molecule has 20 heavy (non-hydrogen) atoms. The minimum atomic E-state index is 0.00253. The summed E-state index contributed by atoms with van der Waals surface area (Å²) in [6.45, 7) is 0.804. The second-order valence-corrected chi connectivity index (χ2v) is 6.74. The monoisotopic (exact) mass is 339 g/mol. The van der Waals surface area contributed by atoms with Crippen LogP contribution in [0.4, 0.5) is 0 Å². The van der Waals surface area contributed by atoms with Crippen LogP contribution in [0, 0.1) is 0 Å². The second kappa shape index (κ2) is 5.66. The third-order valence-corrected chi connectivity index (χ3v) is 5.30. The highest BCUT2D eigenvalue weighted by molar-refractivity contribution is 9.10. The molecule has 1 heterocycles. The molecule has 110 valence electrons. The molecule has 1 N–H and O–H groups in total. The van der Waals surface area contributed by atoms with Gasteiger partial charge in [0.25, 0.3) is 0 Å². The lowest BCUT2D eigenvalue weighted by Crippen LogP contribution is -2.56. The summed E-state index contributed by atoms with van der Waals surface area (Å²) >= 11 is 3.62. The van der Waals surface area contributed by atoms with E-state index in [0.717, 1.165) is 42.5 Å². The molecule has 1 unspecified atom stereocenters. The summed E-state index contributed by atoms with van der Waals surface area (Å²) in [7, 11) is 3.87. The van der Waals surface area contributed by atoms with Crippen LogP contribution in [0.3, 0.4) is 0 Å². The Labute approximate surface area is 129 Å². The van der Waals surface area contributed by atoms with Gasteiger partial charge in [-0.3, -0.25) is 0 Å². The van der Waals surface area contributed by atoms with Crippen LogP contribution in [0.25, 0.3) is 0 Å². The summed E-state index contributed by atoms with van der Waals surface area (Å²) in [6.07, 6.45) is 5.52. The van der Waals surface area contributed by atoms with Crippen molar-refractivity contribution >= 4 is 15.9 Å². The fourth-order valence-corrected chi connectivity index (χ4v) is 4.04. The highest BCUT2D eigenvalue weighted by Gasteiger charge is 2.44. The van der Waals surface area contributed by atoms with Crippen molar-refractivity contribution in [1.29, 1.82) is 0 Å². The molecule has 3 nitrogen and oxygen atoms in total. The van der Waals surface area contributed by atoms with E-state index in [2.05, 4.69) is 33.4 Å². The van der Waals surface area contributed by atoms with Gasteiger partial charge in [0.05, 0.1) is 12.2 Å². The molecule has 2 aliphatic rings. The third-order valence-electron chi connectivity index (χ3n) is 4.84. The number of ether oxygens (including phenoxy) is 2. The Hall–Kier alpha value is -0.580. The zero-order valence-electron chi connectivity index (χ0n) is 12.2. The van der Waals surface area contributed by atoms with E-state index in [-0.39, 0.29) is 5.60 Å². The number of hydrogen-bond donors (Lipinski definition) is 1. The first-order valence-corrected chi connectivity index (χ1v) is 8.14. The molecule has 1 fully saturated rings. The van der Waals surface area contributed by atoms with E-state index in [1.165, 1.54) is 17.5 Å². The van der Waals surface area contributed by atoms with Gasteiger partial charge in [-0.2, -0.15) is 0 Å². The summed E-state index contributed by atoms with van der Waals surface area (Å²) < 4.78 is 12.8. The Bertz CT molecular complexity index is 494. The molecular formula is C16H22BrNO2. The van der Waals surface area contributed by atoms with Gasteiger partial charge < -0.3 is 14.8 Å². The van der Waals surface area contributed by atoms with Gasteiger partial charge in [0.15, 0.2) is 0 Å². The SMILES string of the molecule is CNC(Cc1cc(Br)cc2c1OCC2)C1(OC)CCC1. The van der Waals surface area contributed by atoms with Crippen LogP contribution in [0.15, 0.2) is 16.6 Å². The fourth-order valence-electron chi connectivity index (χ4n) is 3.49. The van der Waals surface area contributed by atoms with Gasteiger partial charge in [-0.25, -0.2) is 0 Å².